The third-order valence-electron chi connectivity index (χ3n) is 4.18. The van der Waals surface area contributed by atoms with Crippen molar-refractivity contribution in [3.63, 3.8) is 0 Å². The maximum absolute atomic E-state index is 12.3. The van der Waals surface area contributed by atoms with Gasteiger partial charge in [-0.1, -0.05) is 11.2 Å². The molecule has 2 aliphatic rings. The van der Waals surface area contributed by atoms with Gasteiger partial charge in [0.2, 0.25) is 5.89 Å². The van der Waals surface area contributed by atoms with Gasteiger partial charge in [0.15, 0.2) is 5.82 Å². The van der Waals surface area contributed by atoms with Gasteiger partial charge in [0, 0.05) is 32.1 Å². The second-order valence-electron chi connectivity index (χ2n) is 5.87. The molecular formula is C15H18N4O2S. The summed E-state index contributed by atoms with van der Waals surface area (Å²) >= 11 is 1.50. The Kier molecular flexibility index (Phi) is 3.67. The zero-order chi connectivity index (χ0) is 14.9. The van der Waals surface area contributed by atoms with Crippen LogP contribution < -0.4 is 0 Å². The molecule has 7 heteroatoms. The highest BCUT2D eigenvalue weighted by Gasteiger charge is 2.29. The fraction of sp³-hybridized carbons (Fsp3) is 0.533. The van der Waals surface area contributed by atoms with Crippen molar-refractivity contribution in [2.75, 3.05) is 26.2 Å². The number of aromatic nitrogens is 2. The van der Waals surface area contributed by atoms with Crippen molar-refractivity contribution >= 4 is 17.2 Å². The highest BCUT2D eigenvalue weighted by Crippen LogP contribution is 2.38. The van der Waals surface area contributed by atoms with E-state index in [1.54, 1.807) is 0 Å². The molecule has 0 N–H and O–H groups in total. The molecule has 116 valence electrons. The maximum atomic E-state index is 12.3. The van der Waals surface area contributed by atoms with Crippen molar-refractivity contribution in [3.8, 4) is 0 Å². The van der Waals surface area contributed by atoms with Crippen LogP contribution in [-0.4, -0.2) is 52.0 Å². The summed E-state index contributed by atoms with van der Waals surface area (Å²) in [7, 11) is 0. The highest BCUT2D eigenvalue weighted by molar-refractivity contribution is 7.12. The van der Waals surface area contributed by atoms with E-state index in [1.807, 2.05) is 22.4 Å². The Morgan fingerprint density at radius 1 is 1.32 bits per heavy atom. The largest absolute Gasteiger partial charge is 0.338 e. The van der Waals surface area contributed by atoms with Gasteiger partial charge in [-0.2, -0.15) is 4.98 Å². The third kappa shape index (κ3) is 2.91. The average molecular weight is 318 g/mol. The number of hydrogen-bond donors (Lipinski definition) is 0. The first-order valence-corrected chi connectivity index (χ1v) is 8.55. The number of rotatable bonds is 4. The van der Waals surface area contributed by atoms with E-state index in [0.29, 0.717) is 18.4 Å². The molecule has 0 bridgehead atoms. The SMILES string of the molecule is O=C(c1cccs1)N1CCN(Cc2nc(C3CC3)no2)CC1. The first-order valence-electron chi connectivity index (χ1n) is 7.67. The molecule has 1 amide bonds. The molecule has 2 aromatic rings. The number of nitrogens with zero attached hydrogens (tertiary/aromatic N) is 4. The predicted molar refractivity (Wildman–Crippen MR) is 81.8 cm³/mol. The topological polar surface area (TPSA) is 62.5 Å². The van der Waals surface area contributed by atoms with Crippen LogP contribution in [0.5, 0.6) is 0 Å². The van der Waals surface area contributed by atoms with Crippen LogP contribution in [0.25, 0.3) is 0 Å². The van der Waals surface area contributed by atoms with Crippen LogP contribution in [0.3, 0.4) is 0 Å². The molecule has 2 aromatic heterocycles. The lowest BCUT2D eigenvalue weighted by atomic mass is 10.3. The van der Waals surface area contributed by atoms with E-state index in [-0.39, 0.29) is 5.91 Å². The second-order valence-corrected chi connectivity index (χ2v) is 6.81. The van der Waals surface area contributed by atoms with Crippen molar-refractivity contribution in [2.45, 2.75) is 25.3 Å². The maximum Gasteiger partial charge on any atom is 0.264 e. The molecule has 0 unspecified atom stereocenters. The number of carbonyl (C=O) groups is 1. The highest BCUT2D eigenvalue weighted by atomic mass is 32.1. The minimum Gasteiger partial charge on any atom is -0.338 e. The number of hydrogen-bond acceptors (Lipinski definition) is 6. The fourth-order valence-corrected chi connectivity index (χ4v) is 3.39. The van der Waals surface area contributed by atoms with Crippen LogP contribution in [0.2, 0.25) is 0 Å². The minimum absolute atomic E-state index is 0.142. The van der Waals surface area contributed by atoms with E-state index in [0.717, 1.165) is 36.9 Å². The van der Waals surface area contributed by atoms with Crippen LogP contribution in [0.4, 0.5) is 0 Å². The van der Waals surface area contributed by atoms with E-state index in [9.17, 15) is 4.79 Å². The van der Waals surface area contributed by atoms with Crippen LogP contribution in [0.15, 0.2) is 22.0 Å². The summed E-state index contributed by atoms with van der Waals surface area (Å²) in [6.07, 6.45) is 2.37. The van der Waals surface area contributed by atoms with Crippen molar-refractivity contribution < 1.29 is 9.32 Å². The molecule has 1 saturated heterocycles. The van der Waals surface area contributed by atoms with E-state index >= 15 is 0 Å². The lowest BCUT2D eigenvalue weighted by Gasteiger charge is -2.33. The molecule has 6 nitrogen and oxygen atoms in total. The summed E-state index contributed by atoms with van der Waals surface area (Å²) in [4.78, 5) is 21.8. The standard InChI is InChI=1S/C15H18N4O2S/c20-15(12-2-1-9-22-12)19-7-5-18(6-8-19)10-13-16-14(17-21-13)11-3-4-11/h1-2,9,11H,3-8,10H2. The molecule has 1 aliphatic heterocycles. The Balaban J connectivity index is 1.30. The van der Waals surface area contributed by atoms with E-state index in [4.69, 9.17) is 4.52 Å². The van der Waals surface area contributed by atoms with Crippen molar-refractivity contribution in [2.24, 2.45) is 0 Å². The normalized spacial score (nSPS) is 19.5. The second kappa shape index (κ2) is 5.81. The summed E-state index contributed by atoms with van der Waals surface area (Å²) in [5.41, 5.74) is 0. The quantitative estimate of drug-likeness (QED) is 0.862. The lowest BCUT2D eigenvalue weighted by Crippen LogP contribution is -2.48. The summed E-state index contributed by atoms with van der Waals surface area (Å²) in [6.45, 7) is 3.87. The zero-order valence-electron chi connectivity index (χ0n) is 12.3. The Morgan fingerprint density at radius 3 is 2.82 bits per heavy atom. The van der Waals surface area contributed by atoms with Gasteiger partial charge in [-0.05, 0) is 24.3 Å². The molecule has 0 atom stereocenters. The Labute approximate surface area is 132 Å². The van der Waals surface area contributed by atoms with Crippen molar-refractivity contribution in [3.05, 3.63) is 34.1 Å². The van der Waals surface area contributed by atoms with Gasteiger partial charge in [0.25, 0.3) is 5.91 Å². The number of carbonyl (C=O) groups excluding carboxylic acids is 1. The number of amides is 1. The zero-order valence-corrected chi connectivity index (χ0v) is 13.1. The smallest absolute Gasteiger partial charge is 0.264 e. The summed E-state index contributed by atoms with van der Waals surface area (Å²) in [5, 5.41) is 5.99. The molecule has 2 fully saturated rings. The van der Waals surface area contributed by atoms with Gasteiger partial charge < -0.3 is 9.42 Å². The predicted octanol–water partition coefficient (Wildman–Crippen LogP) is 1.97. The summed E-state index contributed by atoms with van der Waals surface area (Å²) in [6, 6.07) is 3.80. The van der Waals surface area contributed by atoms with Crippen LogP contribution in [-0.2, 0) is 6.54 Å². The summed E-state index contributed by atoms with van der Waals surface area (Å²) < 4.78 is 5.32. The van der Waals surface area contributed by atoms with Crippen LogP contribution in [0.1, 0.15) is 40.1 Å². The number of thiophene rings is 1. The van der Waals surface area contributed by atoms with Crippen LogP contribution in [0, 0.1) is 0 Å². The van der Waals surface area contributed by atoms with Gasteiger partial charge in [-0.15, -0.1) is 11.3 Å². The monoisotopic (exact) mass is 318 g/mol. The third-order valence-corrected chi connectivity index (χ3v) is 5.03. The molecule has 22 heavy (non-hydrogen) atoms. The van der Waals surface area contributed by atoms with E-state index in [1.165, 1.54) is 24.2 Å². The lowest BCUT2D eigenvalue weighted by molar-refractivity contribution is 0.0620. The minimum atomic E-state index is 0.142. The molecule has 4 rings (SSSR count). The number of piperazine rings is 1. The van der Waals surface area contributed by atoms with E-state index in [2.05, 4.69) is 15.0 Å². The van der Waals surface area contributed by atoms with Gasteiger partial charge in [-0.3, -0.25) is 9.69 Å². The van der Waals surface area contributed by atoms with Gasteiger partial charge in [-0.25, -0.2) is 0 Å². The summed E-state index contributed by atoms with van der Waals surface area (Å²) in [5.74, 6) is 2.22. The fourth-order valence-electron chi connectivity index (χ4n) is 2.70. The van der Waals surface area contributed by atoms with Crippen molar-refractivity contribution in [1.29, 1.82) is 0 Å². The van der Waals surface area contributed by atoms with Crippen molar-refractivity contribution in [1.82, 2.24) is 19.9 Å². The average Bonchev–Trinajstić information content (AvgIpc) is 3.06. The van der Waals surface area contributed by atoms with Gasteiger partial charge in [0.1, 0.15) is 0 Å². The van der Waals surface area contributed by atoms with Gasteiger partial charge >= 0.3 is 0 Å². The van der Waals surface area contributed by atoms with E-state index < -0.39 is 0 Å². The molecule has 1 saturated carbocycles. The Hall–Kier alpha value is -1.73. The molecule has 0 aromatic carbocycles. The molecule has 1 aliphatic carbocycles. The van der Waals surface area contributed by atoms with Gasteiger partial charge in [0.05, 0.1) is 11.4 Å². The molecule has 0 spiro atoms. The molecular weight excluding hydrogens is 300 g/mol. The Morgan fingerprint density at radius 2 is 2.14 bits per heavy atom. The molecule has 3 heterocycles. The molecule has 0 radical (unpaired) electrons. The first kappa shape index (κ1) is 13.9. The van der Waals surface area contributed by atoms with Crippen LogP contribution >= 0.6 is 11.3 Å². The Bertz CT molecular complexity index is 642. The first-order chi connectivity index (χ1) is 10.8.